The van der Waals surface area contributed by atoms with Crippen molar-refractivity contribution >= 4 is 17.5 Å². The predicted molar refractivity (Wildman–Crippen MR) is 96.7 cm³/mol. The number of carbonyl (C=O) groups excluding carboxylic acids is 1. The molecule has 0 aliphatic rings. The lowest BCUT2D eigenvalue weighted by molar-refractivity contribution is 0.102. The third kappa shape index (κ3) is 4.54. The highest BCUT2D eigenvalue weighted by molar-refractivity contribution is 6.03. The molecular formula is C19H18N4O2. The number of hydrogen-bond acceptors (Lipinski definition) is 5. The molecule has 0 saturated carbocycles. The van der Waals surface area contributed by atoms with Crippen molar-refractivity contribution in [3.63, 3.8) is 0 Å². The van der Waals surface area contributed by atoms with Gasteiger partial charge in [0.2, 0.25) is 5.95 Å². The molecule has 0 fully saturated rings. The molecule has 25 heavy (non-hydrogen) atoms. The van der Waals surface area contributed by atoms with Gasteiger partial charge >= 0.3 is 0 Å². The van der Waals surface area contributed by atoms with Gasteiger partial charge in [-0.05, 0) is 29.8 Å². The minimum absolute atomic E-state index is 0.243. The Hall–Kier alpha value is -3.41. The van der Waals surface area contributed by atoms with Crippen LogP contribution in [0.15, 0.2) is 67.0 Å². The number of rotatable bonds is 6. The van der Waals surface area contributed by atoms with E-state index in [1.54, 1.807) is 7.11 Å². The molecule has 0 saturated heterocycles. The number of benzene rings is 2. The molecule has 2 aromatic carbocycles. The summed E-state index contributed by atoms with van der Waals surface area (Å²) in [4.78, 5) is 20.5. The van der Waals surface area contributed by atoms with Gasteiger partial charge in [-0.2, -0.15) is 0 Å². The standard InChI is InChI=1S/C19H18N4O2/c1-25-17-9-7-14(8-10-17)11-20-19-21-12-15(13-22-19)18(24)23-16-5-3-2-4-6-16/h2-10,12-13H,11H2,1H3,(H,23,24)(H,20,21,22). The van der Waals surface area contributed by atoms with Gasteiger partial charge in [-0.1, -0.05) is 30.3 Å². The predicted octanol–water partition coefficient (Wildman–Crippen LogP) is 3.35. The largest absolute Gasteiger partial charge is 0.497 e. The van der Waals surface area contributed by atoms with Gasteiger partial charge in [-0.25, -0.2) is 9.97 Å². The van der Waals surface area contributed by atoms with Gasteiger partial charge in [-0.3, -0.25) is 4.79 Å². The number of nitrogens with one attached hydrogen (secondary N) is 2. The Balaban J connectivity index is 1.57. The van der Waals surface area contributed by atoms with Crippen molar-refractivity contribution in [2.75, 3.05) is 17.7 Å². The van der Waals surface area contributed by atoms with E-state index >= 15 is 0 Å². The number of ether oxygens (including phenoxy) is 1. The second-order valence-corrected chi connectivity index (χ2v) is 5.32. The zero-order valence-electron chi connectivity index (χ0n) is 13.8. The number of nitrogens with zero attached hydrogens (tertiary/aromatic N) is 2. The third-order valence-corrected chi connectivity index (χ3v) is 3.56. The van der Waals surface area contributed by atoms with E-state index in [1.807, 2.05) is 54.6 Å². The first-order valence-electron chi connectivity index (χ1n) is 7.80. The number of anilines is 2. The van der Waals surface area contributed by atoms with Gasteiger partial charge in [0, 0.05) is 24.6 Å². The first-order valence-corrected chi connectivity index (χ1v) is 7.80. The van der Waals surface area contributed by atoms with Crippen molar-refractivity contribution < 1.29 is 9.53 Å². The minimum Gasteiger partial charge on any atom is -0.497 e. The Morgan fingerprint density at radius 1 is 1.00 bits per heavy atom. The normalized spacial score (nSPS) is 10.1. The van der Waals surface area contributed by atoms with E-state index in [2.05, 4.69) is 20.6 Å². The second-order valence-electron chi connectivity index (χ2n) is 5.32. The quantitative estimate of drug-likeness (QED) is 0.723. The summed E-state index contributed by atoms with van der Waals surface area (Å²) >= 11 is 0. The van der Waals surface area contributed by atoms with E-state index in [4.69, 9.17) is 4.74 Å². The molecule has 1 amide bonds. The molecule has 0 atom stereocenters. The Morgan fingerprint density at radius 2 is 1.68 bits per heavy atom. The van der Waals surface area contributed by atoms with Crippen molar-refractivity contribution in [3.05, 3.63) is 78.1 Å². The lowest BCUT2D eigenvalue weighted by atomic mass is 10.2. The number of amides is 1. The average molecular weight is 334 g/mol. The monoisotopic (exact) mass is 334 g/mol. The zero-order valence-corrected chi connectivity index (χ0v) is 13.8. The van der Waals surface area contributed by atoms with Crippen LogP contribution in [-0.2, 0) is 6.54 Å². The van der Waals surface area contributed by atoms with Crippen LogP contribution in [0.25, 0.3) is 0 Å². The Kier molecular flexibility index (Phi) is 5.21. The van der Waals surface area contributed by atoms with Crippen molar-refractivity contribution in [2.24, 2.45) is 0 Å². The molecule has 3 rings (SSSR count). The van der Waals surface area contributed by atoms with Crippen LogP contribution in [-0.4, -0.2) is 23.0 Å². The Labute approximate surface area is 145 Å². The van der Waals surface area contributed by atoms with Crippen LogP contribution in [0.4, 0.5) is 11.6 Å². The number of aromatic nitrogens is 2. The van der Waals surface area contributed by atoms with Crippen molar-refractivity contribution in [2.45, 2.75) is 6.54 Å². The molecule has 1 aromatic heterocycles. The highest BCUT2D eigenvalue weighted by Crippen LogP contribution is 2.12. The highest BCUT2D eigenvalue weighted by Gasteiger charge is 2.07. The molecule has 0 radical (unpaired) electrons. The number of hydrogen-bond donors (Lipinski definition) is 2. The molecule has 1 heterocycles. The van der Waals surface area contributed by atoms with Gasteiger partial charge in [-0.15, -0.1) is 0 Å². The van der Waals surface area contributed by atoms with Crippen LogP contribution in [0.3, 0.4) is 0 Å². The van der Waals surface area contributed by atoms with E-state index in [-0.39, 0.29) is 5.91 Å². The van der Waals surface area contributed by atoms with Crippen molar-refractivity contribution in [1.82, 2.24) is 9.97 Å². The number of carbonyl (C=O) groups is 1. The molecule has 0 unspecified atom stereocenters. The topological polar surface area (TPSA) is 76.1 Å². The van der Waals surface area contributed by atoms with E-state index < -0.39 is 0 Å². The molecule has 2 N–H and O–H groups in total. The second kappa shape index (κ2) is 7.92. The van der Waals surface area contributed by atoms with Gasteiger partial charge in [0.15, 0.2) is 0 Å². The first-order chi connectivity index (χ1) is 12.2. The highest BCUT2D eigenvalue weighted by atomic mass is 16.5. The Morgan fingerprint density at radius 3 is 2.32 bits per heavy atom. The molecule has 126 valence electrons. The maximum absolute atomic E-state index is 12.1. The average Bonchev–Trinajstić information content (AvgIpc) is 2.68. The van der Waals surface area contributed by atoms with E-state index in [9.17, 15) is 4.79 Å². The van der Waals surface area contributed by atoms with Crippen LogP contribution in [0, 0.1) is 0 Å². The van der Waals surface area contributed by atoms with Crippen LogP contribution in [0.1, 0.15) is 15.9 Å². The maximum Gasteiger partial charge on any atom is 0.258 e. The lowest BCUT2D eigenvalue weighted by Crippen LogP contribution is -2.13. The SMILES string of the molecule is COc1ccc(CNc2ncc(C(=O)Nc3ccccc3)cn2)cc1. The summed E-state index contributed by atoms with van der Waals surface area (Å²) in [7, 11) is 1.64. The number of para-hydroxylation sites is 1. The van der Waals surface area contributed by atoms with Gasteiger partial charge in [0.05, 0.1) is 12.7 Å². The van der Waals surface area contributed by atoms with Crippen molar-refractivity contribution in [1.29, 1.82) is 0 Å². The summed E-state index contributed by atoms with van der Waals surface area (Å²) in [5, 5.41) is 5.91. The molecule has 0 aliphatic heterocycles. The minimum atomic E-state index is -0.243. The smallest absolute Gasteiger partial charge is 0.258 e. The fraction of sp³-hybridized carbons (Fsp3) is 0.105. The van der Waals surface area contributed by atoms with Gasteiger partial charge < -0.3 is 15.4 Å². The zero-order chi connectivity index (χ0) is 17.5. The summed E-state index contributed by atoms with van der Waals surface area (Å²) < 4.78 is 5.13. The molecule has 0 spiro atoms. The van der Waals surface area contributed by atoms with E-state index in [0.717, 1.165) is 17.0 Å². The van der Waals surface area contributed by atoms with Crippen LogP contribution in [0.5, 0.6) is 5.75 Å². The molecule has 3 aromatic rings. The third-order valence-electron chi connectivity index (χ3n) is 3.56. The fourth-order valence-corrected chi connectivity index (χ4v) is 2.19. The molecule has 6 nitrogen and oxygen atoms in total. The molecule has 0 bridgehead atoms. The molecule has 6 heteroatoms. The summed E-state index contributed by atoms with van der Waals surface area (Å²) in [5.74, 6) is 1.04. The van der Waals surface area contributed by atoms with Crippen molar-refractivity contribution in [3.8, 4) is 5.75 Å². The van der Waals surface area contributed by atoms with Crippen LogP contribution < -0.4 is 15.4 Å². The summed E-state index contributed by atoms with van der Waals surface area (Å²) in [6.45, 7) is 0.583. The van der Waals surface area contributed by atoms with Crippen LogP contribution in [0.2, 0.25) is 0 Å². The fourth-order valence-electron chi connectivity index (χ4n) is 2.19. The van der Waals surface area contributed by atoms with Crippen LogP contribution >= 0.6 is 0 Å². The van der Waals surface area contributed by atoms with E-state index in [0.29, 0.717) is 18.1 Å². The lowest BCUT2D eigenvalue weighted by Gasteiger charge is -2.07. The van der Waals surface area contributed by atoms with Gasteiger partial charge in [0.1, 0.15) is 5.75 Å². The first kappa shape index (κ1) is 16.4. The summed E-state index contributed by atoms with van der Waals surface area (Å²) in [5.41, 5.74) is 2.21. The summed E-state index contributed by atoms with van der Waals surface area (Å²) in [6, 6.07) is 17.0. The molecule has 0 aliphatic carbocycles. The molecular weight excluding hydrogens is 316 g/mol. The summed E-state index contributed by atoms with van der Waals surface area (Å²) in [6.07, 6.45) is 3.00. The van der Waals surface area contributed by atoms with E-state index in [1.165, 1.54) is 12.4 Å². The van der Waals surface area contributed by atoms with Gasteiger partial charge in [0.25, 0.3) is 5.91 Å². The Bertz CT molecular complexity index is 818. The maximum atomic E-state index is 12.1. The number of methoxy groups -OCH3 is 1.